The van der Waals surface area contributed by atoms with E-state index in [-0.39, 0.29) is 64.9 Å². The number of nitrogens with zero attached hydrogens (tertiary/aromatic N) is 11. The summed E-state index contributed by atoms with van der Waals surface area (Å²) in [6.45, 7) is 10.7. The van der Waals surface area contributed by atoms with Crippen molar-refractivity contribution in [1.29, 1.82) is 0 Å². The Hall–Kier alpha value is -12.2. The van der Waals surface area contributed by atoms with E-state index in [0.717, 1.165) is 115 Å². The van der Waals surface area contributed by atoms with Gasteiger partial charge in [-0.05, 0) is 188 Å². The maximum Gasteiger partial charge on any atom is 0.418 e. The summed E-state index contributed by atoms with van der Waals surface area (Å²) in [7, 11) is 4.47. The SMILES string of the molecule is CC(=O)Oc1ccc2c3c1O[C@H]1C(=O)CC[C@@]4(O)[C@@H](C2)N(CC2CC2)CC[C@]314.COc1cc(N)ncn1.COc1cc(NC(=O)C2=C(O)[C@@H]3Oc4c(O)ccc5c4[C@@]34CCN(CC3CC3)[C@H](C5)[C@]4(O)C2)ncn1.COc1cc(NC(=O)Oc2ccccc2)ncn1.Cc1cc(NC(=O)O[C@@]23CCC(=O)[C@@H]4Oc5c(C)ccc6c5[C@@]42CCN(CC2CC2)[C@@H]3C6)ncn1. The number of likely N-dealkylation sites (tertiary alicyclic amines) is 3. The first-order valence-electron chi connectivity index (χ1n) is 43.3. The number of hydrogen-bond acceptors (Lipinski definition) is 31. The van der Waals surface area contributed by atoms with Crippen molar-refractivity contribution in [2.24, 2.45) is 17.8 Å². The average Bonchev–Trinajstić information content (AvgIpc) is 1.44. The van der Waals surface area contributed by atoms with Crippen molar-refractivity contribution in [2.75, 3.05) is 82.3 Å². The standard InChI is InChI=1S/C27H30N4O4.C26H28N4O6.C22H25NO5.C12H11N3O3.C5H7N3O/c1-15-3-6-18-12-20-27(35-25(33)30-21-11-16(2)28-14-29-21)8-7-19(32)24-26(27,22(18)23(15)34-24)9-10-31(20)13-17-4-5-17;1-35-19-9-18(27-12-28-19)29-24(33)15-10-26(34)17-8-14-4-5-16(31)22-20(14)25(26,23(36-22)21(15)32)6-7-30(17)11-13-2-3-13;1-12(24)27-16-5-4-14-10-17-22(26)7-6-15(25)20-21(22,18(14)19(16)28-20)8-9-23(17)11-13-2-3-13;1-17-11-7-10(13-8-14-11)15-12(16)18-9-5-3-2-4-6-9;1-9-5-2-4(6)7-3-8-5/h3,6,11,14,17,20,24H,4-5,7-10,12-13H2,1-2H3,(H,28,29,30,33);4-5,9,12-13,17,23,31-32,34H,2-3,6-8,10-11H2,1H3,(H,27,28,29,33);4-5,13,17,20,26H,2-3,6-11H2,1H3;2-8H,1H3,(H,13,14,15,16);2-3H,1H3,(H2,6,7,8)/t20-,24+,26+,27-;17-,23+,25+,26-;17-,20+,21+,22-;;/m111../s1. The number of amides is 3. The average molecular weight is 1720 g/mol. The predicted octanol–water partition coefficient (Wildman–Crippen LogP) is 9.21. The number of Topliss-reactive ketones (excluding diaryl/α,β-unsaturated/α-hetero) is 2. The smallest absolute Gasteiger partial charge is 0.418 e. The zero-order chi connectivity index (χ0) is 87.5. The highest BCUT2D eigenvalue weighted by Gasteiger charge is 2.78. The fraction of sp³-hybridized carbons (Fsp3) is 0.478. The van der Waals surface area contributed by atoms with Crippen molar-refractivity contribution >= 4 is 58.9 Å². The third kappa shape index (κ3) is 14.2. The van der Waals surface area contributed by atoms with Gasteiger partial charge in [0.05, 0.1) is 60.4 Å². The first-order valence-corrected chi connectivity index (χ1v) is 43.3. The number of aliphatic hydroxyl groups excluding tert-OH is 1. The number of methoxy groups -OCH3 is 3. The number of esters is 1. The number of carbonyl (C=O) groups excluding carboxylic acids is 6. The number of hydrogen-bond donors (Lipinski definition) is 8. The number of nitrogen functional groups attached to an aromatic ring is 1. The molecule has 8 aromatic rings. The zero-order valence-electron chi connectivity index (χ0n) is 70.8. The van der Waals surface area contributed by atoms with Crippen LogP contribution in [0.4, 0.5) is 32.9 Å². The van der Waals surface area contributed by atoms with Crippen LogP contribution in [0.3, 0.4) is 0 Å². The van der Waals surface area contributed by atoms with Crippen molar-refractivity contribution in [2.45, 2.75) is 199 Å². The number of anilines is 4. The zero-order valence-corrected chi connectivity index (χ0v) is 70.8. The number of para-hydroxylation sites is 1. The number of aromatic nitrogens is 8. The van der Waals surface area contributed by atoms with Gasteiger partial charge in [0, 0.05) is 105 Å². The van der Waals surface area contributed by atoms with E-state index in [1.165, 1.54) is 110 Å². The van der Waals surface area contributed by atoms with Crippen molar-refractivity contribution < 1.29 is 91.8 Å². The molecule has 9 aliphatic carbocycles. The van der Waals surface area contributed by atoms with Gasteiger partial charge in [-0.3, -0.25) is 44.5 Å². The van der Waals surface area contributed by atoms with Crippen molar-refractivity contribution in [1.82, 2.24) is 54.6 Å². The number of rotatable bonds is 16. The Morgan fingerprint density at radius 2 is 1.01 bits per heavy atom. The minimum Gasteiger partial charge on any atom is -0.508 e. The summed E-state index contributed by atoms with van der Waals surface area (Å²) in [5.41, 5.74) is 7.88. The van der Waals surface area contributed by atoms with Gasteiger partial charge in [-0.2, -0.15) is 0 Å². The van der Waals surface area contributed by atoms with Crippen LogP contribution < -0.4 is 59.6 Å². The van der Waals surface area contributed by atoms with E-state index in [0.29, 0.717) is 103 Å². The molecule has 126 heavy (non-hydrogen) atoms. The molecule has 3 saturated heterocycles. The molecular weight excluding hydrogens is 1620 g/mol. The van der Waals surface area contributed by atoms with Crippen molar-refractivity contribution in [3.05, 3.63) is 172 Å². The van der Waals surface area contributed by atoms with E-state index in [1.807, 2.05) is 32.0 Å². The number of nitrogens with two attached hydrogens (primary N) is 1. The Labute approximate surface area is 725 Å². The van der Waals surface area contributed by atoms with Crippen LogP contribution in [0.25, 0.3) is 0 Å². The Kier molecular flexibility index (Phi) is 21.4. The number of nitrogens with one attached hydrogen (secondary N) is 3. The highest BCUT2D eigenvalue weighted by Crippen LogP contribution is 2.70. The van der Waals surface area contributed by atoms with Crippen molar-refractivity contribution in [3.63, 3.8) is 0 Å². The normalized spacial score (nSPS) is 28.7. The summed E-state index contributed by atoms with van der Waals surface area (Å²) in [5, 5.41) is 54.9. The highest BCUT2D eigenvalue weighted by molar-refractivity contribution is 6.04. The molecule has 15 aliphatic rings. The van der Waals surface area contributed by atoms with Gasteiger partial charge in [-0.15, -0.1) is 0 Å². The van der Waals surface area contributed by atoms with Gasteiger partial charge in [0.1, 0.15) is 71.4 Å². The number of ether oxygens (including phenoxy) is 9. The van der Waals surface area contributed by atoms with Crippen LogP contribution in [0.15, 0.2) is 128 Å². The van der Waals surface area contributed by atoms with Gasteiger partial charge in [-0.25, -0.2) is 49.5 Å². The molecule has 0 unspecified atom stereocenters. The molecule has 6 aliphatic heterocycles. The number of benzene rings is 4. The Morgan fingerprint density at radius 3 is 1.60 bits per heavy atom. The second-order valence-electron chi connectivity index (χ2n) is 35.8. The first-order chi connectivity index (χ1) is 60.8. The Balaban J connectivity index is 0.000000108. The lowest BCUT2D eigenvalue weighted by atomic mass is 9.48. The third-order valence-corrected chi connectivity index (χ3v) is 28.6. The fourth-order valence-electron chi connectivity index (χ4n) is 22.7. The molecule has 5 saturated carbocycles. The van der Waals surface area contributed by atoms with Gasteiger partial charge in [0.2, 0.25) is 17.6 Å². The van der Waals surface area contributed by atoms with Crippen molar-refractivity contribution in [3.8, 4) is 52.1 Å². The molecule has 6 bridgehead atoms. The highest BCUT2D eigenvalue weighted by atomic mass is 16.6. The second-order valence-corrected chi connectivity index (χ2v) is 35.8. The number of aliphatic hydroxyl groups is 3. The summed E-state index contributed by atoms with van der Waals surface area (Å²) in [6.07, 6.45) is 15.2. The summed E-state index contributed by atoms with van der Waals surface area (Å²) in [6, 6.07) is 26.4. The molecule has 0 radical (unpaired) electrons. The summed E-state index contributed by atoms with van der Waals surface area (Å²) < 4.78 is 50.7. The van der Waals surface area contributed by atoms with Crippen LogP contribution in [0.1, 0.15) is 141 Å². The monoisotopic (exact) mass is 1720 g/mol. The maximum atomic E-state index is 13.5. The molecule has 34 nitrogen and oxygen atoms in total. The van der Waals surface area contributed by atoms with E-state index in [4.69, 9.17) is 48.4 Å². The lowest BCUT2D eigenvalue weighted by molar-refractivity contribution is -0.188. The van der Waals surface area contributed by atoms with E-state index in [9.17, 15) is 49.2 Å². The molecule has 3 amide bonds. The van der Waals surface area contributed by atoms with E-state index in [2.05, 4.69) is 82.7 Å². The molecular formula is C92H101N15O19. The summed E-state index contributed by atoms with van der Waals surface area (Å²) in [4.78, 5) is 115. The lowest BCUT2D eigenvalue weighted by Crippen LogP contribution is -2.78. The second kappa shape index (κ2) is 32.3. The molecule has 4 aromatic carbocycles. The largest absolute Gasteiger partial charge is 0.508 e. The van der Waals surface area contributed by atoms with Gasteiger partial charge in [0.15, 0.2) is 52.9 Å². The summed E-state index contributed by atoms with van der Waals surface area (Å²) in [5.74, 6) is 6.00. The number of phenolic OH excluding ortho intramolecular Hbond substituents is 1. The summed E-state index contributed by atoms with van der Waals surface area (Å²) >= 11 is 0. The molecule has 8 fully saturated rings. The van der Waals surface area contributed by atoms with Gasteiger partial charge >= 0.3 is 18.2 Å². The van der Waals surface area contributed by atoms with E-state index >= 15 is 0 Å². The van der Waals surface area contributed by atoms with E-state index in [1.54, 1.807) is 48.5 Å². The molecule has 12 atom stereocenters. The van der Waals surface area contributed by atoms with Crippen LogP contribution in [0.5, 0.6) is 52.1 Å². The van der Waals surface area contributed by atoms with Crippen LogP contribution in [-0.2, 0) is 59.4 Å². The number of carbonyl (C=O) groups is 6. The quantitative estimate of drug-likeness (QED) is 0.0330. The first kappa shape index (κ1) is 83.3. The van der Waals surface area contributed by atoms with Crippen LogP contribution in [-0.4, -0.2) is 224 Å². The van der Waals surface area contributed by atoms with Gasteiger partial charge in [0.25, 0.3) is 5.91 Å². The lowest BCUT2D eigenvalue weighted by Gasteiger charge is -2.63. The third-order valence-electron chi connectivity index (χ3n) is 28.6. The Morgan fingerprint density at radius 1 is 0.516 bits per heavy atom. The van der Waals surface area contributed by atoms with Crippen LogP contribution in [0.2, 0.25) is 0 Å². The van der Waals surface area contributed by atoms with Gasteiger partial charge in [-0.1, -0.05) is 42.5 Å². The maximum absolute atomic E-state index is 13.5. The van der Waals surface area contributed by atoms with Crippen LogP contribution >= 0.6 is 0 Å². The molecule has 4 aromatic heterocycles. The number of ketones is 2. The molecule has 9 N–H and O–H groups in total. The topological polar surface area (TPSA) is 441 Å². The minimum absolute atomic E-state index is 0.00934. The molecule has 23 rings (SSSR count). The number of piperidine rings is 3. The van der Waals surface area contributed by atoms with Gasteiger partial charge < -0.3 is 74.1 Å². The molecule has 34 heteroatoms. The van der Waals surface area contributed by atoms with Crippen LogP contribution in [0, 0.1) is 31.6 Å². The molecule has 10 heterocycles. The number of phenols is 1. The molecule has 3 spiro atoms. The predicted molar refractivity (Wildman–Crippen MR) is 452 cm³/mol. The Bertz CT molecular complexity index is 5720. The number of aromatic hydroxyl groups is 1. The number of aryl methyl sites for hydroxylation is 2. The minimum atomic E-state index is -1.36. The van der Waals surface area contributed by atoms with E-state index < -0.39 is 75.4 Å². The fourth-order valence-corrected chi connectivity index (χ4v) is 22.7. The molecule has 658 valence electrons.